The highest BCUT2D eigenvalue weighted by atomic mass is 16.5. The Morgan fingerprint density at radius 2 is 1.85 bits per heavy atom. The van der Waals surface area contributed by atoms with E-state index in [4.69, 9.17) is 9.84 Å². The second-order valence-electron chi connectivity index (χ2n) is 7.74. The first kappa shape index (κ1) is 22.5. The maximum atomic E-state index is 13.6. The monoisotopic (exact) mass is 448 g/mol. The normalized spacial score (nSPS) is 12.2. The summed E-state index contributed by atoms with van der Waals surface area (Å²) in [5.74, 6) is 0.340. The third-order valence-electron chi connectivity index (χ3n) is 5.45. The van der Waals surface area contributed by atoms with Gasteiger partial charge in [-0.15, -0.1) is 0 Å². The summed E-state index contributed by atoms with van der Waals surface area (Å²) >= 11 is 0. The Balaban J connectivity index is 1.78. The molecule has 33 heavy (non-hydrogen) atoms. The van der Waals surface area contributed by atoms with E-state index in [1.165, 1.54) is 4.68 Å². The summed E-state index contributed by atoms with van der Waals surface area (Å²) in [5.41, 5.74) is 1.54. The van der Waals surface area contributed by atoms with E-state index < -0.39 is 6.04 Å². The van der Waals surface area contributed by atoms with E-state index >= 15 is 0 Å². The van der Waals surface area contributed by atoms with Gasteiger partial charge in [-0.1, -0.05) is 18.2 Å². The highest BCUT2D eigenvalue weighted by Crippen LogP contribution is 2.25. The third kappa shape index (κ3) is 4.45. The fourth-order valence-corrected chi connectivity index (χ4v) is 3.74. The highest BCUT2D eigenvalue weighted by molar-refractivity contribution is 5.88. The zero-order valence-corrected chi connectivity index (χ0v) is 19.1. The predicted octanol–water partition coefficient (Wildman–Crippen LogP) is 2.79. The van der Waals surface area contributed by atoms with Gasteiger partial charge in [0, 0.05) is 32.2 Å². The van der Waals surface area contributed by atoms with Crippen LogP contribution in [-0.2, 0) is 9.53 Å². The van der Waals surface area contributed by atoms with Crippen molar-refractivity contribution in [3.63, 3.8) is 0 Å². The lowest BCUT2D eigenvalue weighted by Crippen LogP contribution is -2.38. The topological polar surface area (TPSA) is 96.0 Å². The number of aryl methyl sites for hydroxylation is 1. The largest absolute Gasteiger partial charge is 0.382 e. The van der Waals surface area contributed by atoms with Gasteiger partial charge in [-0.3, -0.25) is 9.59 Å². The maximum absolute atomic E-state index is 13.6. The van der Waals surface area contributed by atoms with Crippen molar-refractivity contribution in [1.29, 1.82) is 0 Å². The Morgan fingerprint density at radius 3 is 2.55 bits per heavy atom. The molecule has 0 saturated heterocycles. The van der Waals surface area contributed by atoms with Crippen LogP contribution in [0.1, 0.15) is 32.0 Å². The first-order chi connectivity index (χ1) is 16.0. The second-order valence-corrected chi connectivity index (χ2v) is 7.74. The van der Waals surface area contributed by atoms with Gasteiger partial charge >= 0.3 is 0 Å². The van der Waals surface area contributed by atoms with Crippen molar-refractivity contribution in [2.45, 2.75) is 33.2 Å². The molecule has 0 aliphatic rings. The number of nitrogens with one attached hydrogen (secondary N) is 1. The molecular weight excluding hydrogens is 420 g/mol. The van der Waals surface area contributed by atoms with Crippen molar-refractivity contribution in [1.82, 2.24) is 29.4 Å². The van der Waals surface area contributed by atoms with Crippen LogP contribution in [0.4, 0.5) is 0 Å². The summed E-state index contributed by atoms with van der Waals surface area (Å²) in [4.78, 5) is 26.4. The molecule has 1 N–H and O–H groups in total. The summed E-state index contributed by atoms with van der Waals surface area (Å²) < 4.78 is 10.1. The second kappa shape index (κ2) is 9.83. The number of amides is 1. The van der Waals surface area contributed by atoms with Gasteiger partial charge in [-0.2, -0.15) is 10.2 Å². The summed E-state index contributed by atoms with van der Waals surface area (Å²) in [6.45, 7) is 7.09. The van der Waals surface area contributed by atoms with Crippen LogP contribution in [0.2, 0.25) is 0 Å². The zero-order chi connectivity index (χ0) is 23.4. The molecule has 1 aromatic carbocycles. The van der Waals surface area contributed by atoms with Gasteiger partial charge < -0.3 is 14.6 Å². The standard InChI is InChI=1S/C24H28N6O3/c1-4-33-16-10-13-25-22(31)18(3)29-24(32)20-21(17(2)26-29)27-30(19-11-6-5-7-12-19)23(20)28-14-8-9-15-28/h5-9,11-12,14-15,18H,4,10,13,16H2,1-3H3,(H,25,31)/t18-/m1/s1. The third-order valence-corrected chi connectivity index (χ3v) is 5.45. The number of carbonyl (C=O) groups is 1. The van der Waals surface area contributed by atoms with Gasteiger partial charge in [0.1, 0.15) is 16.9 Å². The smallest absolute Gasteiger partial charge is 0.280 e. The first-order valence-electron chi connectivity index (χ1n) is 11.1. The van der Waals surface area contributed by atoms with Gasteiger partial charge in [0.25, 0.3) is 5.56 Å². The average molecular weight is 449 g/mol. The Labute approximate surface area is 191 Å². The fraction of sp³-hybridized carbons (Fsp3) is 0.333. The summed E-state index contributed by atoms with van der Waals surface area (Å²) in [7, 11) is 0. The number of carbonyl (C=O) groups excluding carboxylic acids is 1. The summed E-state index contributed by atoms with van der Waals surface area (Å²) in [6.07, 6.45) is 4.43. The molecule has 9 heteroatoms. The van der Waals surface area contributed by atoms with E-state index in [-0.39, 0.29) is 11.5 Å². The van der Waals surface area contributed by atoms with E-state index in [1.54, 1.807) is 18.5 Å². The quantitative estimate of drug-likeness (QED) is 0.397. The van der Waals surface area contributed by atoms with E-state index in [2.05, 4.69) is 10.4 Å². The van der Waals surface area contributed by atoms with Crippen molar-refractivity contribution in [3.8, 4) is 11.5 Å². The highest BCUT2D eigenvalue weighted by Gasteiger charge is 2.25. The minimum atomic E-state index is -0.773. The molecule has 0 saturated carbocycles. The molecule has 4 aromatic rings. The molecule has 0 aliphatic heterocycles. The number of nitrogens with zero attached hydrogens (tertiary/aromatic N) is 5. The predicted molar refractivity (Wildman–Crippen MR) is 126 cm³/mol. The Kier molecular flexibility index (Phi) is 6.69. The van der Waals surface area contributed by atoms with Crippen LogP contribution in [-0.4, -0.2) is 49.8 Å². The van der Waals surface area contributed by atoms with Crippen LogP contribution < -0.4 is 10.9 Å². The van der Waals surface area contributed by atoms with E-state index in [1.807, 2.05) is 66.3 Å². The molecule has 0 aliphatic carbocycles. The lowest BCUT2D eigenvalue weighted by atomic mass is 10.2. The minimum absolute atomic E-state index is 0.266. The lowest BCUT2D eigenvalue weighted by molar-refractivity contribution is -0.124. The summed E-state index contributed by atoms with van der Waals surface area (Å²) in [6, 6.07) is 12.6. The van der Waals surface area contributed by atoms with Crippen molar-refractivity contribution >= 4 is 16.8 Å². The van der Waals surface area contributed by atoms with Crippen LogP contribution in [0.15, 0.2) is 59.7 Å². The van der Waals surface area contributed by atoms with Crippen LogP contribution in [0, 0.1) is 6.92 Å². The number of aromatic nitrogens is 5. The molecule has 0 fully saturated rings. The molecule has 0 spiro atoms. The van der Waals surface area contributed by atoms with Crippen LogP contribution in [0.5, 0.6) is 0 Å². The van der Waals surface area contributed by atoms with Gasteiger partial charge in [0.2, 0.25) is 5.91 Å². The molecule has 0 radical (unpaired) electrons. The number of rotatable bonds is 9. The number of ether oxygens (including phenoxy) is 1. The number of hydrogen-bond donors (Lipinski definition) is 1. The molecule has 3 heterocycles. The van der Waals surface area contributed by atoms with E-state index in [0.29, 0.717) is 48.6 Å². The number of hydrogen-bond acceptors (Lipinski definition) is 5. The lowest BCUT2D eigenvalue weighted by Gasteiger charge is -2.15. The molecule has 172 valence electrons. The number of fused-ring (bicyclic) bond motifs is 1. The van der Waals surface area contributed by atoms with Crippen LogP contribution in [0.25, 0.3) is 22.4 Å². The number of para-hydroxylation sites is 1. The summed E-state index contributed by atoms with van der Waals surface area (Å²) in [5, 5.41) is 12.4. The van der Waals surface area contributed by atoms with Crippen LogP contribution in [0.3, 0.4) is 0 Å². The van der Waals surface area contributed by atoms with Gasteiger partial charge in [-0.25, -0.2) is 9.36 Å². The molecular formula is C24H28N6O3. The first-order valence-corrected chi connectivity index (χ1v) is 11.1. The van der Waals surface area contributed by atoms with E-state index in [0.717, 1.165) is 5.69 Å². The Bertz CT molecular complexity index is 1290. The Morgan fingerprint density at radius 1 is 1.12 bits per heavy atom. The maximum Gasteiger partial charge on any atom is 0.280 e. The molecule has 1 atom stereocenters. The Hall–Kier alpha value is -3.72. The van der Waals surface area contributed by atoms with Gasteiger partial charge in [-0.05, 0) is 51.5 Å². The van der Waals surface area contributed by atoms with Gasteiger partial charge in [0.05, 0.1) is 11.4 Å². The number of benzene rings is 1. The minimum Gasteiger partial charge on any atom is -0.382 e. The molecule has 4 rings (SSSR count). The van der Waals surface area contributed by atoms with Crippen molar-refractivity contribution in [2.75, 3.05) is 19.8 Å². The molecule has 0 unspecified atom stereocenters. The average Bonchev–Trinajstić information content (AvgIpc) is 3.49. The fourth-order valence-electron chi connectivity index (χ4n) is 3.74. The van der Waals surface area contributed by atoms with Crippen molar-refractivity contribution in [3.05, 3.63) is 70.9 Å². The molecule has 3 aromatic heterocycles. The SMILES string of the molecule is CCOCCCNC(=O)[C@@H](C)n1nc(C)c2nn(-c3ccccc3)c(-n3cccc3)c2c1=O. The van der Waals surface area contributed by atoms with Crippen LogP contribution >= 0.6 is 0 Å². The van der Waals surface area contributed by atoms with Gasteiger partial charge in [0.15, 0.2) is 5.82 Å². The zero-order valence-electron chi connectivity index (χ0n) is 19.1. The van der Waals surface area contributed by atoms with E-state index in [9.17, 15) is 9.59 Å². The molecule has 9 nitrogen and oxygen atoms in total. The van der Waals surface area contributed by atoms with Crippen molar-refractivity contribution in [2.24, 2.45) is 0 Å². The molecule has 1 amide bonds. The molecule has 0 bridgehead atoms. The van der Waals surface area contributed by atoms with Crippen molar-refractivity contribution < 1.29 is 9.53 Å².